The zero-order chi connectivity index (χ0) is 18.9. The minimum absolute atomic E-state index is 0.0138. The summed E-state index contributed by atoms with van der Waals surface area (Å²) in [5, 5.41) is 0.277. The smallest absolute Gasteiger partial charge is 0.341 e. The highest BCUT2D eigenvalue weighted by atomic mass is 32.2. The van der Waals surface area contributed by atoms with Gasteiger partial charge in [0.1, 0.15) is 10.8 Å². The molecule has 5 nitrogen and oxygen atoms in total. The number of anilines is 1. The van der Waals surface area contributed by atoms with Crippen LogP contribution in [0.4, 0.5) is 9.39 Å². The van der Waals surface area contributed by atoms with E-state index in [1.165, 1.54) is 30.4 Å². The number of hydrogen-bond donors (Lipinski definition) is 1. The quantitative estimate of drug-likeness (QED) is 0.773. The molecule has 0 atom stereocenters. The molecule has 0 aliphatic heterocycles. The number of rotatable bonds is 5. The predicted octanol–water partition coefficient (Wildman–Crippen LogP) is 4.05. The Balaban J connectivity index is 2.03. The zero-order valence-corrected chi connectivity index (χ0v) is 16.2. The van der Waals surface area contributed by atoms with E-state index in [2.05, 4.69) is 4.72 Å². The van der Waals surface area contributed by atoms with Crippen molar-refractivity contribution >= 4 is 32.3 Å². The van der Waals surface area contributed by atoms with E-state index in [9.17, 15) is 17.6 Å². The molecule has 1 aromatic heterocycles. The molecule has 1 aliphatic carbocycles. The highest BCUT2D eigenvalue weighted by Gasteiger charge is 2.29. The fourth-order valence-electron chi connectivity index (χ4n) is 3.15. The molecule has 1 aliphatic rings. The summed E-state index contributed by atoms with van der Waals surface area (Å²) in [6.45, 7) is 3.46. The van der Waals surface area contributed by atoms with Gasteiger partial charge in [0.25, 0.3) is 10.0 Å². The van der Waals surface area contributed by atoms with Crippen molar-refractivity contribution in [2.24, 2.45) is 0 Å². The second-order valence-electron chi connectivity index (χ2n) is 6.15. The van der Waals surface area contributed by atoms with Crippen molar-refractivity contribution in [2.45, 2.75) is 44.4 Å². The minimum atomic E-state index is -3.95. The molecule has 8 heteroatoms. The van der Waals surface area contributed by atoms with Gasteiger partial charge in [-0.2, -0.15) is 0 Å². The predicted molar refractivity (Wildman–Crippen MR) is 98.9 cm³/mol. The molecule has 140 valence electrons. The van der Waals surface area contributed by atoms with Crippen LogP contribution in [0.15, 0.2) is 23.1 Å². The van der Waals surface area contributed by atoms with Crippen molar-refractivity contribution in [2.75, 3.05) is 11.3 Å². The molecular weight excluding hydrogens is 377 g/mol. The number of sulfonamides is 1. The van der Waals surface area contributed by atoms with E-state index >= 15 is 0 Å². The molecule has 0 saturated heterocycles. The second kappa shape index (κ2) is 7.36. The first-order valence-electron chi connectivity index (χ1n) is 8.44. The third-order valence-electron chi connectivity index (χ3n) is 4.30. The Morgan fingerprint density at radius 3 is 2.73 bits per heavy atom. The molecule has 0 radical (unpaired) electrons. The van der Waals surface area contributed by atoms with E-state index in [-0.39, 0.29) is 16.5 Å². The number of nitrogens with one attached hydrogen (secondary N) is 1. The van der Waals surface area contributed by atoms with E-state index in [0.717, 1.165) is 42.2 Å². The van der Waals surface area contributed by atoms with Gasteiger partial charge >= 0.3 is 5.97 Å². The van der Waals surface area contributed by atoms with Gasteiger partial charge in [0.15, 0.2) is 0 Å². The topological polar surface area (TPSA) is 72.5 Å². The molecule has 1 aromatic carbocycles. The van der Waals surface area contributed by atoms with Gasteiger partial charge in [0.05, 0.1) is 17.1 Å². The Labute approximate surface area is 156 Å². The van der Waals surface area contributed by atoms with E-state index < -0.39 is 21.8 Å². The maximum absolute atomic E-state index is 13.3. The summed E-state index contributed by atoms with van der Waals surface area (Å²) >= 11 is 1.28. The maximum Gasteiger partial charge on any atom is 0.341 e. The van der Waals surface area contributed by atoms with E-state index in [0.29, 0.717) is 11.1 Å². The highest BCUT2D eigenvalue weighted by Crippen LogP contribution is 2.39. The minimum Gasteiger partial charge on any atom is -0.462 e. The van der Waals surface area contributed by atoms with Gasteiger partial charge < -0.3 is 4.74 Å². The second-order valence-corrected chi connectivity index (χ2v) is 8.91. The van der Waals surface area contributed by atoms with Crippen molar-refractivity contribution in [3.05, 3.63) is 45.6 Å². The zero-order valence-electron chi connectivity index (χ0n) is 14.6. The van der Waals surface area contributed by atoms with Crippen LogP contribution in [0.5, 0.6) is 0 Å². The summed E-state index contributed by atoms with van der Waals surface area (Å²) < 4.78 is 46.6. The molecule has 0 spiro atoms. The van der Waals surface area contributed by atoms with Gasteiger partial charge in [0, 0.05) is 4.88 Å². The molecule has 0 unspecified atom stereocenters. The molecule has 0 amide bonds. The van der Waals surface area contributed by atoms with Gasteiger partial charge in [-0.25, -0.2) is 17.6 Å². The molecule has 1 heterocycles. The Morgan fingerprint density at radius 1 is 1.31 bits per heavy atom. The number of ether oxygens (including phenoxy) is 1. The lowest BCUT2D eigenvalue weighted by Crippen LogP contribution is -2.17. The van der Waals surface area contributed by atoms with Crippen molar-refractivity contribution in [1.82, 2.24) is 0 Å². The van der Waals surface area contributed by atoms with Crippen LogP contribution in [-0.4, -0.2) is 21.0 Å². The first kappa shape index (κ1) is 18.8. The van der Waals surface area contributed by atoms with Crippen molar-refractivity contribution in [1.29, 1.82) is 0 Å². The number of fused-ring (bicyclic) bond motifs is 1. The molecule has 3 rings (SSSR count). The van der Waals surface area contributed by atoms with E-state index in [1.54, 1.807) is 6.92 Å². The lowest BCUT2D eigenvalue weighted by molar-refractivity contribution is 0.0526. The highest BCUT2D eigenvalue weighted by molar-refractivity contribution is 7.93. The molecule has 1 N–H and O–H groups in total. The molecule has 2 aromatic rings. The van der Waals surface area contributed by atoms with Crippen LogP contribution in [0, 0.1) is 12.7 Å². The lowest BCUT2D eigenvalue weighted by atomic mass is 9.95. The summed E-state index contributed by atoms with van der Waals surface area (Å²) in [7, 11) is -3.95. The van der Waals surface area contributed by atoms with Crippen molar-refractivity contribution < 1.29 is 22.3 Å². The number of carbonyl (C=O) groups excluding carboxylic acids is 1. The van der Waals surface area contributed by atoms with Crippen LogP contribution in [0.2, 0.25) is 0 Å². The third-order valence-corrected chi connectivity index (χ3v) is 7.15. The lowest BCUT2D eigenvalue weighted by Gasteiger charge is -2.13. The van der Waals surface area contributed by atoms with Gasteiger partial charge in [0.2, 0.25) is 0 Å². The van der Waals surface area contributed by atoms with Crippen LogP contribution in [0.25, 0.3) is 0 Å². The van der Waals surface area contributed by atoms with Crippen molar-refractivity contribution in [3.63, 3.8) is 0 Å². The first-order valence-corrected chi connectivity index (χ1v) is 10.7. The summed E-state index contributed by atoms with van der Waals surface area (Å²) in [4.78, 5) is 13.4. The Hall–Kier alpha value is -1.93. The number of thiophene rings is 1. The number of benzene rings is 1. The number of carbonyl (C=O) groups is 1. The fourth-order valence-corrected chi connectivity index (χ4v) is 5.96. The Kier molecular flexibility index (Phi) is 5.34. The normalized spacial score (nSPS) is 14.0. The van der Waals surface area contributed by atoms with Crippen LogP contribution in [0.3, 0.4) is 0 Å². The van der Waals surface area contributed by atoms with E-state index in [4.69, 9.17) is 4.74 Å². The van der Waals surface area contributed by atoms with Crippen LogP contribution in [-0.2, 0) is 27.6 Å². The Morgan fingerprint density at radius 2 is 2.04 bits per heavy atom. The fraction of sp³-hybridized carbons (Fsp3) is 0.389. The van der Waals surface area contributed by atoms with Crippen LogP contribution < -0.4 is 4.72 Å². The average Bonchev–Trinajstić information content (AvgIpc) is 2.91. The standard InChI is InChI=1S/C18H20FNO4S2/c1-3-24-18(21)16-13-6-4-5-7-14(13)25-17(16)20-26(22,23)15-9-8-12(19)10-11(15)2/h8-10,20H,3-7H2,1-2H3. The molecule has 0 fully saturated rings. The number of hydrogen-bond acceptors (Lipinski definition) is 5. The average molecular weight is 397 g/mol. The monoisotopic (exact) mass is 397 g/mol. The number of aryl methyl sites for hydroxylation is 2. The molecule has 0 bridgehead atoms. The Bertz CT molecular complexity index is 950. The van der Waals surface area contributed by atoms with E-state index in [1.807, 2.05) is 0 Å². The summed E-state index contributed by atoms with van der Waals surface area (Å²) in [5.41, 5.74) is 1.50. The summed E-state index contributed by atoms with van der Waals surface area (Å²) in [6, 6.07) is 3.50. The van der Waals surface area contributed by atoms with Gasteiger partial charge in [-0.3, -0.25) is 4.72 Å². The third kappa shape index (κ3) is 3.61. The van der Waals surface area contributed by atoms with Gasteiger partial charge in [-0.1, -0.05) is 0 Å². The maximum atomic E-state index is 13.3. The van der Waals surface area contributed by atoms with Crippen LogP contribution >= 0.6 is 11.3 Å². The largest absolute Gasteiger partial charge is 0.462 e. The van der Waals surface area contributed by atoms with Gasteiger partial charge in [-0.05, 0) is 68.9 Å². The summed E-state index contributed by atoms with van der Waals surface area (Å²) in [6.07, 6.45) is 3.53. The molecule has 26 heavy (non-hydrogen) atoms. The van der Waals surface area contributed by atoms with Crippen molar-refractivity contribution in [3.8, 4) is 0 Å². The first-order chi connectivity index (χ1) is 12.3. The number of esters is 1. The number of halogens is 1. The van der Waals surface area contributed by atoms with Crippen LogP contribution in [0.1, 0.15) is 46.1 Å². The molecular formula is C18H20FNO4S2. The molecule has 0 saturated carbocycles. The SMILES string of the molecule is CCOC(=O)c1c(NS(=O)(=O)c2ccc(F)cc2C)sc2c1CCCC2. The van der Waals surface area contributed by atoms with Gasteiger partial charge in [-0.15, -0.1) is 11.3 Å². The summed E-state index contributed by atoms with van der Waals surface area (Å²) in [5.74, 6) is -1.01.